The first-order valence-electron chi connectivity index (χ1n) is 11.4. The van der Waals surface area contributed by atoms with E-state index in [1.54, 1.807) is 13.8 Å². The molecule has 2 aromatic heterocycles. The van der Waals surface area contributed by atoms with Crippen LogP contribution in [0.15, 0.2) is 41.6 Å². The van der Waals surface area contributed by atoms with Crippen molar-refractivity contribution in [3.63, 3.8) is 0 Å². The zero-order valence-electron chi connectivity index (χ0n) is 20.6. The molecule has 2 heterocycles. The van der Waals surface area contributed by atoms with Crippen LogP contribution in [0, 0.1) is 11.3 Å². The second-order valence-electron chi connectivity index (χ2n) is 10.1. The van der Waals surface area contributed by atoms with Gasteiger partial charge < -0.3 is 15.5 Å². The minimum absolute atomic E-state index is 0.0961. The maximum absolute atomic E-state index is 13.1. The summed E-state index contributed by atoms with van der Waals surface area (Å²) in [6, 6.07) is 4.90. The lowest BCUT2D eigenvalue weighted by Gasteiger charge is -2.44. The smallest absolute Gasteiger partial charge is 0.433 e. The number of alkyl halides is 3. The number of aliphatic hydroxyl groups is 1. The van der Waals surface area contributed by atoms with Crippen LogP contribution in [-0.2, 0) is 26.4 Å². The fraction of sp³-hybridized carbons (Fsp3) is 0.417. The van der Waals surface area contributed by atoms with Crippen molar-refractivity contribution < 1.29 is 36.6 Å². The Labute approximate surface area is 220 Å². The van der Waals surface area contributed by atoms with E-state index >= 15 is 0 Å². The largest absolute Gasteiger partial charge is 0.481 e. The summed E-state index contributed by atoms with van der Waals surface area (Å²) in [6.07, 6.45) is -0.633. The lowest BCUT2D eigenvalue weighted by molar-refractivity contribution is -0.154. The molecule has 0 aliphatic heterocycles. The van der Waals surface area contributed by atoms with E-state index in [1.165, 1.54) is 24.4 Å². The van der Waals surface area contributed by atoms with Crippen molar-refractivity contribution in [1.29, 1.82) is 0 Å². The second-order valence-corrected chi connectivity index (χ2v) is 13.1. The van der Waals surface area contributed by atoms with E-state index in [4.69, 9.17) is 0 Å². The average Bonchev–Trinajstić information content (AvgIpc) is 3.28. The number of halogens is 3. The molecule has 2 atom stereocenters. The van der Waals surface area contributed by atoms with E-state index in [9.17, 15) is 36.6 Å². The zero-order chi connectivity index (χ0) is 28.1. The fourth-order valence-corrected chi connectivity index (χ4v) is 6.44. The van der Waals surface area contributed by atoms with Gasteiger partial charge in [0.15, 0.2) is 9.84 Å². The minimum atomic E-state index is -4.68. The quantitative estimate of drug-likeness (QED) is 0.378. The molecular weight excluding hydrogens is 545 g/mol. The van der Waals surface area contributed by atoms with Gasteiger partial charge in [0, 0.05) is 24.3 Å². The molecule has 1 aliphatic rings. The number of rotatable bonds is 6. The van der Waals surface area contributed by atoms with Gasteiger partial charge in [0.1, 0.15) is 16.3 Å². The van der Waals surface area contributed by atoms with Gasteiger partial charge in [0.05, 0.1) is 15.7 Å². The number of nitrogens with one attached hydrogen (secondary N) is 1. The molecule has 204 valence electrons. The second kappa shape index (κ2) is 9.58. The van der Waals surface area contributed by atoms with Crippen molar-refractivity contribution in [1.82, 2.24) is 15.0 Å². The van der Waals surface area contributed by atoms with E-state index in [2.05, 4.69) is 20.3 Å². The van der Waals surface area contributed by atoms with E-state index in [0.29, 0.717) is 15.4 Å². The number of carbonyl (C=O) groups is 1. The van der Waals surface area contributed by atoms with Crippen LogP contribution in [0.4, 0.5) is 24.8 Å². The molecule has 1 fully saturated rings. The molecule has 0 bridgehead atoms. The summed E-state index contributed by atoms with van der Waals surface area (Å²) in [4.78, 5) is 23.7. The van der Waals surface area contributed by atoms with E-state index < -0.39 is 44.6 Å². The first-order valence-corrected chi connectivity index (χ1v) is 14.1. The summed E-state index contributed by atoms with van der Waals surface area (Å²) in [5.41, 5.74) is -2.68. The van der Waals surface area contributed by atoms with Crippen molar-refractivity contribution in [3.8, 4) is 10.4 Å². The number of hydrogen-bond acceptors (Lipinski definition) is 9. The zero-order valence-corrected chi connectivity index (χ0v) is 22.2. The molecule has 4 rings (SSSR count). The highest BCUT2D eigenvalue weighted by molar-refractivity contribution is 7.90. The third kappa shape index (κ3) is 5.81. The van der Waals surface area contributed by atoms with Gasteiger partial charge in [-0.2, -0.15) is 13.2 Å². The highest BCUT2D eigenvalue weighted by Crippen LogP contribution is 2.51. The van der Waals surface area contributed by atoms with Crippen LogP contribution >= 0.6 is 11.3 Å². The van der Waals surface area contributed by atoms with Gasteiger partial charge in [0.25, 0.3) is 0 Å². The van der Waals surface area contributed by atoms with Crippen LogP contribution in [0.1, 0.15) is 43.8 Å². The molecule has 3 aromatic rings. The number of nitrogens with zero attached hydrogens (tertiary/aromatic N) is 3. The van der Waals surface area contributed by atoms with Crippen LogP contribution in [0.5, 0.6) is 0 Å². The molecule has 1 saturated carbocycles. The van der Waals surface area contributed by atoms with Gasteiger partial charge in [-0.05, 0) is 54.5 Å². The predicted octanol–water partition coefficient (Wildman–Crippen LogP) is 4.86. The Morgan fingerprint density at radius 3 is 2.53 bits per heavy atom. The summed E-state index contributed by atoms with van der Waals surface area (Å²) in [5.74, 6) is -1.90. The Morgan fingerprint density at radius 1 is 1.21 bits per heavy atom. The predicted molar refractivity (Wildman–Crippen MR) is 134 cm³/mol. The summed E-state index contributed by atoms with van der Waals surface area (Å²) >= 11 is 1.13. The molecule has 38 heavy (non-hydrogen) atoms. The van der Waals surface area contributed by atoms with E-state index in [0.717, 1.165) is 29.9 Å². The molecule has 9 nitrogen and oxygen atoms in total. The van der Waals surface area contributed by atoms with E-state index in [1.807, 2.05) is 0 Å². The maximum atomic E-state index is 13.1. The first-order chi connectivity index (χ1) is 17.5. The lowest BCUT2D eigenvalue weighted by atomic mass is 9.63. The molecule has 3 N–H and O–H groups in total. The summed E-state index contributed by atoms with van der Waals surface area (Å²) in [5, 5.41) is 23.9. The molecule has 0 spiro atoms. The summed E-state index contributed by atoms with van der Waals surface area (Å²) in [7, 11) is -3.72. The van der Waals surface area contributed by atoms with Crippen LogP contribution in [-0.4, -0.2) is 45.8 Å². The number of sulfone groups is 1. The third-order valence-electron chi connectivity index (χ3n) is 6.56. The van der Waals surface area contributed by atoms with Gasteiger partial charge in [-0.3, -0.25) is 4.79 Å². The van der Waals surface area contributed by atoms with Crippen LogP contribution in [0.25, 0.3) is 10.4 Å². The first kappa shape index (κ1) is 27.9. The average molecular weight is 571 g/mol. The Bertz CT molecular complexity index is 1490. The van der Waals surface area contributed by atoms with Crippen molar-refractivity contribution in [3.05, 3.63) is 47.4 Å². The lowest BCUT2D eigenvalue weighted by Crippen LogP contribution is -2.44. The molecule has 2 unspecified atom stereocenters. The van der Waals surface area contributed by atoms with Crippen molar-refractivity contribution >= 4 is 38.8 Å². The Morgan fingerprint density at radius 2 is 1.92 bits per heavy atom. The molecular formula is C24H25F3N4O5S2. The van der Waals surface area contributed by atoms with Crippen molar-refractivity contribution in [2.24, 2.45) is 11.3 Å². The molecule has 14 heteroatoms. The number of hydrogen-bond donors (Lipinski definition) is 3. The number of carboxylic acid groups (broad SMARTS) is 1. The Balaban J connectivity index is 1.69. The topological polar surface area (TPSA) is 142 Å². The number of aliphatic carboxylic acids is 1. The highest BCUT2D eigenvalue weighted by atomic mass is 32.2. The fourth-order valence-electron chi connectivity index (χ4n) is 4.74. The highest BCUT2D eigenvalue weighted by Gasteiger charge is 2.49. The Kier molecular flexibility index (Phi) is 7.04. The number of benzene rings is 1. The minimum Gasteiger partial charge on any atom is -0.481 e. The third-order valence-corrected chi connectivity index (χ3v) is 8.89. The van der Waals surface area contributed by atoms with Crippen molar-refractivity contribution in [2.75, 3.05) is 11.6 Å². The Hall–Kier alpha value is -3.10. The van der Waals surface area contributed by atoms with Gasteiger partial charge in [-0.25, -0.2) is 23.4 Å². The van der Waals surface area contributed by atoms with Gasteiger partial charge in [-0.1, -0.05) is 13.8 Å². The molecule has 0 radical (unpaired) electrons. The molecule has 1 aromatic carbocycles. The van der Waals surface area contributed by atoms with E-state index in [-0.39, 0.29) is 35.8 Å². The summed E-state index contributed by atoms with van der Waals surface area (Å²) < 4.78 is 63.9. The van der Waals surface area contributed by atoms with Crippen LogP contribution < -0.4 is 5.32 Å². The van der Waals surface area contributed by atoms with Gasteiger partial charge >= 0.3 is 12.1 Å². The SMILES string of the molecule is CC1(C)CC(O)(c2ncc(-c3cc(Nc4nccc(C(F)(F)F)n4)cc(S(C)(=O)=O)c3)s2)CCC1C(=O)O. The number of thiazole rings is 1. The molecule has 1 aliphatic carbocycles. The normalized spacial score (nSPS) is 21.7. The standard InChI is InChI=1S/C24H25F3N4O5S2/c1-22(2)12-23(34,6-4-16(22)19(32)33)20-29-11-17(37-20)13-8-14(10-15(9-13)38(3,35)36)30-21-28-7-5-18(31-21)24(25,26)27/h5,7-11,16,34H,4,6,12H2,1-3H3,(H,32,33)(H,28,30,31). The maximum Gasteiger partial charge on any atom is 0.433 e. The monoisotopic (exact) mass is 570 g/mol. The molecule has 0 saturated heterocycles. The van der Waals surface area contributed by atoms with Crippen LogP contribution in [0.2, 0.25) is 0 Å². The van der Waals surface area contributed by atoms with Gasteiger partial charge in [-0.15, -0.1) is 11.3 Å². The van der Waals surface area contributed by atoms with Gasteiger partial charge in [0.2, 0.25) is 5.95 Å². The van der Waals surface area contributed by atoms with Crippen molar-refractivity contribution in [2.45, 2.75) is 49.8 Å². The number of carboxylic acids is 1. The number of anilines is 2. The molecule has 0 amide bonds. The summed E-state index contributed by atoms with van der Waals surface area (Å²) in [6.45, 7) is 3.57. The number of aromatic nitrogens is 3. The van der Waals surface area contributed by atoms with Crippen LogP contribution in [0.3, 0.4) is 0 Å².